The predicted octanol–water partition coefficient (Wildman–Crippen LogP) is 3.95. The van der Waals surface area contributed by atoms with Crippen LogP contribution in [-0.2, 0) is 0 Å². The van der Waals surface area contributed by atoms with Crippen LogP contribution < -0.4 is 4.74 Å². The average molecular weight is 280 g/mol. The van der Waals surface area contributed by atoms with E-state index in [4.69, 9.17) is 16.3 Å². The second-order valence-corrected chi connectivity index (χ2v) is 6.10. The first kappa shape index (κ1) is 13.9. The Balaban J connectivity index is 2.16. The van der Waals surface area contributed by atoms with Crippen molar-refractivity contribution in [2.45, 2.75) is 33.4 Å². The summed E-state index contributed by atoms with van der Waals surface area (Å²) in [7, 11) is 0. The second-order valence-electron chi connectivity index (χ2n) is 5.67. The van der Waals surface area contributed by atoms with E-state index in [2.05, 4.69) is 30.9 Å². The molecule has 102 valence electrons. The monoisotopic (exact) mass is 279 g/mol. The van der Waals surface area contributed by atoms with Gasteiger partial charge in [0.15, 0.2) is 6.23 Å². The Kier molecular flexibility index (Phi) is 4.10. The van der Waals surface area contributed by atoms with Gasteiger partial charge in [0.05, 0.1) is 0 Å². The van der Waals surface area contributed by atoms with Gasteiger partial charge in [-0.3, -0.25) is 0 Å². The topological polar surface area (TPSA) is 39.9 Å². The molecule has 4 nitrogen and oxygen atoms in total. The third-order valence-electron chi connectivity index (χ3n) is 2.60. The Morgan fingerprint density at radius 1 is 1.26 bits per heavy atom. The van der Waals surface area contributed by atoms with Gasteiger partial charge in [-0.25, -0.2) is 9.67 Å². The summed E-state index contributed by atoms with van der Waals surface area (Å²) in [5, 5.41) is 4.86. The molecule has 2 rings (SSSR count). The van der Waals surface area contributed by atoms with Gasteiger partial charge in [-0.2, -0.15) is 5.10 Å². The third kappa shape index (κ3) is 4.24. The van der Waals surface area contributed by atoms with Crippen molar-refractivity contribution in [1.82, 2.24) is 14.8 Å². The number of hydrogen-bond donors (Lipinski definition) is 0. The summed E-state index contributed by atoms with van der Waals surface area (Å²) in [5.41, 5.74) is 0.128. The first-order valence-corrected chi connectivity index (χ1v) is 6.58. The van der Waals surface area contributed by atoms with E-state index in [9.17, 15) is 0 Å². The van der Waals surface area contributed by atoms with Crippen molar-refractivity contribution in [2.24, 2.45) is 5.41 Å². The highest BCUT2D eigenvalue weighted by atomic mass is 35.5. The maximum atomic E-state index is 5.99. The number of aromatic nitrogens is 3. The maximum Gasteiger partial charge on any atom is 0.193 e. The van der Waals surface area contributed by atoms with Gasteiger partial charge in [0.1, 0.15) is 18.4 Å². The van der Waals surface area contributed by atoms with Crippen LogP contribution in [0.2, 0.25) is 5.02 Å². The fraction of sp³-hybridized carbons (Fsp3) is 0.429. The Morgan fingerprint density at radius 2 is 1.95 bits per heavy atom. The highest BCUT2D eigenvalue weighted by molar-refractivity contribution is 6.30. The van der Waals surface area contributed by atoms with E-state index in [0.29, 0.717) is 5.02 Å². The Bertz CT molecular complexity index is 502. The fourth-order valence-corrected chi connectivity index (χ4v) is 1.88. The molecule has 0 radical (unpaired) electrons. The number of rotatable bonds is 4. The van der Waals surface area contributed by atoms with Crippen LogP contribution >= 0.6 is 11.6 Å². The third-order valence-corrected chi connectivity index (χ3v) is 2.86. The molecule has 5 heteroatoms. The standard InChI is InChI=1S/C14H18ClN3O/c1-14(2,3)8-13(18-10-16-9-17-18)19-12-6-4-11(15)5-7-12/h4-7,9-10,13H,8H2,1-3H3. The van der Waals surface area contributed by atoms with E-state index in [1.807, 2.05) is 24.3 Å². The molecule has 0 fully saturated rings. The van der Waals surface area contributed by atoms with Crippen LogP contribution in [0.15, 0.2) is 36.9 Å². The smallest absolute Gasteiger partial charge is 0.193 e. The molecule has 0 aliphatic heterocycles. The number of benzene rings is 1. The zero-order valence-corrected chi connectivity index (χ0v) is 12.1. The summed E-state index contributed by atoms with van der Waals surface area (Å²) >= 11 is 5.87. The quantitative estimate of drug-likeness (QED) is 0.851. The molecular formula is C14H18ClN3O. The fourth-order valence-electron chi connectivity index (χ4n) is 1.75. The molecule has 0 saturated heterocycles. The normalized spacial score (nSPS) is 13.3. The van der Waals surface area contributed by atoms with E-state index < -0.39 is 0 Å². The molecule has 0 bridgehead atoms. The summed E-state index contributed by atoms with van der Waals surface area (Å²) < 4.78 is 7.73. The summed E-state index contributed by atoms with van der Waals surface area (Å²) in [6, 6.07) is 7.34. The minimum atomic E-state index is -0.177. The van der Waals surface area contributed by atoms with Crippen molar-refractivity contribution in [2.75, 3.05) is 0 Å². The Morgan fingerprint density at radius 3 is 2.47 bits per heavy atom. The summed E-state index contributed by atoms with van der Waals surface area (Å²) in [6.45, 7) is 6.51. The van der Waals surface area contributed by atoms with E-state index in [0.717, 1.165) is 12.2 Å². The zero-order chi connectivity index (χ0) is 13.9. The molecule has 1 aromatic heterocycles. The van der Waals surface area contributed by atoms with Gasteiger partial charge in [0.2, 0.25) is 0 Å². The lowest BCUT2D eigenvalue weighted by Crippen LogP contribution is -2.22. The molecule has 0 aliphatic rings. The van der Waals surface area contributed by atoms with Gasteiger partial charge in [0.25, 0.3) is 0 Å². The minimum Gasteiger partial charge on any atom is -0.469 e. The van der Waals surface area contributed by atoms with Crippen molar-refractivity contribution in [3.8, 4) is 5.75 Å². The van der Waals surface area contributed by atoms with Crippen molar-refractivity contribution >= 4 is 11.6 Å². The number of ether oxygens (including phenoxy) is 1. The van der Waals surface area contributed by atoms with E-state index in [-0.39, 0.29) is 11.6 Å². The molecular weight excluding hydrogens is 262 g/mol. The van der Waals surface area contributed by atoms with Crippen LogP contribution in [0.1, 0.15) is 33.4 Å². The van der Waals surface area contributed by atoms with Crippen molar-refractivity contribution in [1.29, 1.82) is 0 Å². The largest absolute Gasteiger partial charge is 0.469 e. The molecule has 0 saturated carbocycles. The lowest BCUT2D eigenvalue weighted by molar-refractivity contribution is 0.0716. The van der Waals surface area contributed by atoms with Gasteiger partial charge in [-0.05, 0) is 29.7 Å². The molecule has 0 N–H and O–H groups in total. The van der Waals surface area contributed by atoms with Crippen molar-refractivity contribution in [3.63, 3.8) is 0 Å². The molecule has 19 heavy (non-hydrogen) atoms. The Labute approximate surface area is 118 Å². The predicted molar refractivity (Wildman–Crippen MR) is 75.2 cm³/mol. The molecule has 1 heterocycles. The summed E-state index contributed by atoms with van der Waals surface area (Å²) in [5.74, 6) is 0.772. The highest BCUT2D eigenvalue weighted by Crippen LogP contribution is 2.29. The first-order valence-electron chi connectivity index (χ1n) is 6.20. The summed E-state index contributed by atoms with van der Waals surface area (Å²) in [6.07, 6.45) is 3.84. The molecule has 1 unspecified atom stereocenters. The zero-order valence-electron chi connectivity index (χ0n) is 11.4. The Hall–Kier alpha value is -1.55. The number of hydrogen-bond acceptors (Lipinski definition) is 3. The van der Waals surface area contributed by atoms with Crippen LogP contribution in [0.3, 0.4) is 0 Å². The SMILES string of the molecule is CC(C)(C)CC(Oc1ccc(Cl)cc1)n1cncn1. The minimum absolute atomic E-state index is 0.128. The lowest BCUT2D eigenvalue weighted by atomic mass is 9.91. The van der Waals surface area contributed by atoms with Crippen molar-refractivity contribution in [3.05, 3.63) is 41.9 Å². The van der Waals surface area contributed by atoms with Gasteiger partial charge in [-0.15, -0.1) is 0 Å². The van der Waals surface area contributed by atoms with E-state index >= 15 is 0 Å². The molecule has 1 atom stereocenters. The van der Waals surface area contributed by atoms with Gasteiger partial charge in [0, 0.05) is 11.4 Å². The highest BCUT2D eigenvalue weighted by Gasteiger charge is 2.22. The summed E-state index contributed by atoms with van der Waals surface area (Å²) in [4.78, 5) is 3.98. The lowest BCUT2D eigenvalue weighted by Gasteiger charge is -2.26. The van der Waals surface area contributed by atoms with Crippen LogP contribution in [0.5, 0.6) is 5.75 Å². The van der Waals surface area contributed by atoms with Crippen LogP contribution in [0.25, 0.3) is 0 Å². The van der Waals surface area contributed by atoms with Crippen molar-refractivity contribution < 1.29 is 4.74 Å². The van der Waals surface area contributed by atoms with Crippen LogP contribution in [0, 0.1) is 5.41 Å². The van der Waals surface area contributed by atoms with Crippen LogP contribution in [0.4, 0.5) is 0 Å². The maximum absolute atomic E-state index is 5.99. The molecule has 0 aliphatic carbocycles. The first-order chi connectivity index (χ1) is 8.94. The number of halogens is 1. The van der Waals surface area contributed by atoms with E-state index in [1.54, 1.807) is 11.0 Å². The number of nitrogens with zero attached hydrogens (tertiary/aromatic N) is 3. The average Bonchev–Trinajstić information content (AvgIpc) is 2.83. The van der Waals surface area contributed by atoms with Gasteiger partial charge >= 0.3 is 0 Å². The van der Waals surface area contributed by atoms with E-state index in [1.165, 1.54) is 6.33 Å². The molecule has 2 aromatic rings. The second kappa shape index (κ2) is 5.61. The molecule has 0 amide bonds. The molecule has 0 spiro atoms. The molecule has 1 aromatic carbocycles. The van der Waals surface area contributed by atoms with Crippen LogP contribution in [-0.4, -0.2) is 14.8 Å². The van der Waals surface area contributed by atoms with Gasteiger partial charge in [-0.1, -0.05) is 32.4 Å². The van der Waals surface area contributed by atoms with Gasteiger partial charge < -0.3 is 4.74 Å².